The van der Waals surface area contributed by atoms with Crippen LogP contribution in [0.1, 0.15) is 38.8 Å². The lowest BCUT2D eigenvalue weighted by molar-refractivity contribution is 0.0416. The lowest BCUT2D eigenvalue weighted by atomic mass is 9.84. The van der Waals surface area contributed by atoms with Crippen LogP contribution in [0.5, 0.6) is 5.75 Å². The molecule has 0 saturated carbocycles. The molecule has 0 radical (unpaired) electrons. The van der Waals surface area contributed by atoms with Crippen molar-refractivity contribution in [3.63, 3.8) is 0 Å². The number of likely N-dealkylation sites (tertiary alicyclic amines) is 1. The Labute approximate surface area is 133 Å². The minimum Gasteiger partial charge on any atom is -0.496 e. The van der Waals surface area contributed by atoms with E-state index >= 15 is 0 Å². The van der Waals surface area contributed by atoms with Crippen molar-refractivity contribution in [3.8, 4) is 5.75 Å². The van der Waals surface area contributed by atoms with E-state index in [9.17, 15) is 0 Å². The van der Waals surface area contributed by atoms with Gasteiger partial charge in [-0.2, -0.15) is 0 Å². The van der Waals surface area contributed by atoms with Crippen molar-refractivity contribution in [3.05, 3.63) is 28.8 Å². The van der Waals surface area contributed by atoms with E-state index in [0.29, 0.717) is 24.4 Å². The predicted octanol–water partition coefficient (Wildman–Crippen LogP) is 3.71. The molecule has 0 aliphatic carbocycles. The number of hydrogen-bond donors (Lipinski definition) is 1. The number of halogens is 1. The van der Waals surface area contributed by atoms with Gasteiger partial charge in [0.05, 0.1) is 13.2 Å². The Morgan fingerprint density at radius 3 is 2.71 bits per heavy atom. The molecular weight excluding hydrogens is 284 g/mol. The van der Waals surface area contributed by atoms with E-state index in [1.165, 1.54) is 6.42 Å². The van der Waals surface area contributed by atoms with Gasteiger partial charge in [-0.25, -0.2) is 0 Å². The summed E-state index contributed by atoms with van der Waals surface area (Å²) in [5.41, 5.74) is 7.15. The average molecular weight is 311 g/mol. The summed E-state index contributed by atoms with van der Waals surface area (Å²) >= 11 is 6.46. The number of methoxy groups -OCH3 is 1. The third-order valence-electron chi connectivity index (χ3n) is 4.83. The lowest BCUT2D eigenvalue weighted by Gasteiger charge is -2.45. The minimum atomic E-state index is 0.105. The summed E-state index contributed by atoms with van der Waals surface area (Å²) in [6.45, 7) is 8.53. The Balaban J connectivity index is 2.39. The first-order valence-electron chi connectivity index (χ1n) is 7.77. The molecule has 1 fully saturated rings. The van der Waals surface area contributed by atoms with Crippen LogP contribution in [0.2, 0.25) is 5.02 Å². The zero-order valence-corrected chi connectivity index (χ0v) is 14.2. The Morgan fingerprint density at radius 1 is 1.38 bits per heavy atom. The highest BCUT2D eigenvalue weighted by Crippen LogP contribution is 2.39. The van der Waals surface area contributed by atoms with Gasteiger partial charge in [-0.1, -0.05) is 31.5 Å². The molecule has 1 heterocycles. The first-order valence-corrected chi connectivity index (χ1v) is 8.15. The highest BCUT2D eigenvalue weighted by molar-refractivity contribution is 6.31. The summed E-state index contributed by atoms with van der Waals surface area (Å²) in [7, 11) is 1.69. The van der Waals surface area contributed by atoms with E-state index in [2.05, 4.69) is 25.7 Å². The van der Waals surface area contributed by atoms with Crippen molar-refractivity contribution in [1.82, 2.24) is 4.90 Å². The van der Waals surface area contributed by atoms with Crippen LogP contribution in [0.25, 0.3) is 0 Å². The highest BCUT2D eigenvalue weighted by atomic mass is 35.5. The molecule has 0 bridgehead atoms. The minimum absolute atomic E-state index is 0.105. The van der Waals surface area contributed by atoms with Crippen LogP contribution in [0.4, 0.5) is 0 Å². The molecule has 0 aromatic heterocycles. The number of nitrogens with two attached hydrogens (primary N) is 1. The molecule has 1 aromatic rings. The van der Waals surface area contributed by atoms with E-state index in [0.717, 1.165) is 22.9 Å². The largest absolute Gasteiger partial charge is 0.496 e. The van der Waals surface area contributed by atoms with Crippen LogP contribution in [-0.2, 0) is 0 Å². The molecule has 0 spiro atoms. The molecule has 1 aliphatic heterocycles. The quantitative estimate of drug-likeness (QED) is 0.921. The SMILES string of the molecule is COc1cccc(Cl)c1C(CN)N1CC(C)CC(C)C1C. The molecule has 2 N–H and O–H groups in total. The molecule has 2 rings (SSSR count). The van der Waals surface area contributed by atoms with Crippen LogP contribution >= 0.6 is 11.6 Å². The molecule has 0 amide bonds. The van der Waals surface area contributed by atoms with Gasteiger partial charge in [-0.3, -0.25) is 4.90 Å². The maximum atomic E-state index is 6.46. The van der Waals surface area contributed by atoms with Crippen molar-refractivity contribution in [2.24, 2.45) is 17.6 Å². The molecule has 3 nitrogen and oxygen atoms in total. The predicted molar refractivity (Wildman–Crippen MR) is 88.9 cm³/mol. The molecule has 1 saturated heterocycles. The van der Waals surface area contributed by atoms with Crippen LogP contribution in [0.15, 0.2) is 18.2 Å². The molecule has 1 aromatic carbocycles. The summed E-state index contributed by atoms with van der Waals surface area (Å²) in [5, 5.41) is 0.739. The van der Waals surface area contributed by atoms with Crippen molar-refractivity contribution >= 4 is 11.6 Å². The molecule has 1 aliphatic rings. The zero-order chi connectivity index (χ0) is 15.6. The summed E-state index contributed by atoms with van der Waals surface area (Å²) in [5.74, 6) is 2.17. The van der Waals surface area contributed by atoms with Gasteiger partial charge in [0, 0.05) is 29.7 Å². The van der Waals surface area contributed by atoms with Gasteiger partial charge < -0.3 is 10.5 Å². The smallest absolute Gasteiger partial charge is 0.125 e. The van der Waals surface area contributed by atoms with Crippen molar-refractivity contribution in [2.75, 3.05) is 20.2 Å². The number of benzene rings is 1. The van der Waals surface area contributed by atoms with Crippen LogP contribution in [0.3, 0.4) is 0 Å². The Hall–Kier alpha value is -0.770. The fraction of sp³-hybridized carbons (Fsp3) is 0.647. The number of ether oxygens (including phenoxy) is 1. The van der Waals surface area contributed by atoms with Gasteiger partial charge in [0.15, 0.2) is 0 Å². The molecular formula is C17H27ClN2O. The third-order valence-corrected chi connectivity index (χ3v) is 5.16. The van der Waals surface area contributed by atoms with E-state index in [-0.39, 0.29) is 6.04 Å². The van der Waals surface area contributed by atoms with Gasteiger partial charge in [0.25, 0.3) is 0 Å². The summed E-state index contributed by atoms with van der Waals surface area (Å²) in [6, 6.07) is 6.41. The molecule has 118 valence electrons. The third kappa shape index (κ3) is 3.36. The topological polar surface area (TPSA) is 38.5 Å². The summed E-state index contributed by atoms with van der Waals surface area (Å²) < 4.78 is 5.52. The van der Waals surface area contributed by atoms with E-state index in [4.69, 9.17) is 22.1 Å². The van der Waals surface area contributed by atoms with Crippen LogP contribution in [0, 0.1) is 11.8 Å². The first kappa shape index (κ1) is 16.6. The van der Waals surface area contributed by atoms with Crippen LogP contribution in [-0.4, -0.2) is 31.1 Å². The van der Waals surface area contributed by atoms with Gasteiger partial charge in [-0.05, 0) is 37.3 Å². The van der Waals surface area contributed by atoms with Crippen molar-refractivity contribution in [1.29, 1.82) is 0 Å². The number of piperidine rings is 1. The fourth-order valence-electron chi connectivity index (χ4n) is 3.61. The monoisotopic (exact) mass is 310 g/mol. The van der Waals surface area contributed by atoms with Crippen molar-refractivity contribution in [2.45, 2.75) is 39.3 Å². The second-order valence-electron chi connectivity index (χ2n) is 6.36. The number of hydrogen-bond acceptors (Lipinski definition) is 3. The van der Waals surface area contributed by atoms with Crippen molar-refractivity contribution < 1.29 is 4.74 Å². The normalized spacial score (nSPS) is 28.4. The van der Waals surface area contributed by atoms with E-state index < -0.39 is 0 Å². The molecule has 21 heavy (non-hydrogen) atoms. The average Bonchev–Trinajstić information content (AvgIpc) is 2.46. The highest BCUT2D eigenvalue weighted by Gasteiger charge is 2.35. The van der Waals surface area contributed by atoms with E-state index in [1.54, 1.807) is 7.11 Å². The maximum absolute atomic E-state index is 6.46. The lowest BCUT2D eigenvalue weighted by Crippen LogP contribution is -2.49. The molecule has 4 unspecified atom stereocenters. The number of rotatable bonds is 4. The Kier molecular flexibility index (Phi) is 5.53. The summed E-state index contributed by atoms with van der Waals surface area (Å²) in [6.07, 6.45) is 1.27. The summed E-state index contributed by atoms with van der Waals surface area (Å²) in [4.78, 5) is 2.50. The van der Waals surface area contributed by atoms with Crippen LogP contribution < -0.4 is 10.5 Å². The standard InChI is InChI=1S/C17H27ClN2O/c1-11-8-12(2)13(3)20(10-11)15(9-19)17-14(18)6-5-7-16(17)21-4/h5-7,11-13,15H,8-10,19H2,1-4H3. The Bertz CT molecular complexity index is 480. The maximum Gasteiger partial charge on any atom is 0.125 e. The van der Waals surface area contributed by atoms with Gasteiger partial charge in [-0.15, -0.1) is 0 Å². The molecule has 4 atom stereocenters. The second-order valence-corrected chi connectivity index (χ2v) is 6.77. The number of nitrogens with zero attached hydrogens (tertiary/aromatic N) is 1. The van der Waals surface area contributed by atoms with Gasteiger partial charge in [0.1, 0.15) is 5.75 Å². The molecule has 4 heteroatoms. The Morgan fingerprint density at radius 2 is 2.10 bits per heavy atom. The fourth-order valence-corrected chi connectivity index (χ4v) is 3.90. The van der Waals surface area contributed by atoms with Gasteiger partial charge in [0.2, 0.25) is 0 Å². The second kappa shape index (κ2) is 6.99. The van der Waals surface area contributed by atoms with Gasteiger partial charge >= 0.3 is 0 Å². The zero-order valence-electron chi connectivity index (χ0n) is 13.5. The first-order chi connectivity index (χ1) is 9.99. The van der Waals surface area contributed by atoms with E-state index in [1.807, 2.05) is 18.2 Å².